The monoisotopic (exact) mass is 398 g/mol. The highest BCUT2D eigenvalue weighted by molar-refractivity contribution is 6.35. The molecule has 0 spiro atoms. The first-order valence-electron chi connectivity index (χ1n) is 7.26. The largest absolute Gasteiger partial charge is 0.494 e. The standard InChI is InChI=1S/C17H10ClF3N2O4/c1-27-12-3-8(19)10(22)4-11(12)23-5-7(17(25)26)16(24)6-2-9(20)14(21)13(18)15(6)23/h2-5H,22H2,1H3,(H,25,26). The Kier molecular flexibility index (Phi) is 4.48. The van der Waals surface area contributed by atoms with E-state index in [0.29, 0.717) is 6.07 Å². The highest BCUT2D eigenvalue weighted by Gasteiger charge is 2.23. The lowest BCUT2D eigenvalue weighted by molar-refractivity contribution is 0.0695. The number of anilines is 1. The Morgan fingerprint density at radius 3 is 2.48 bits per heavy atom. The minimum absolute atomic E-state index is 0.0307. The van der Waals surface area contributed by atoms with Gasteiger partial charge in [0.05, 0.1) is 29.4 Å². The summed E-state index contributed by atoms with van der Waals surface area (Å²) in [6, 6.07) is 2.55. The van der Waals surface area contributed by atoms with Crippen molar-refractivity contribution in [1.29, 1.82) is 0 Å². The van der Waals surface area contributed by atoms with E-state index in [1.807, 2.05) is 0 Å². The van der Waals surface area contributed by atoms with Crippen LogP contribution in [0.25, 0.3) is 16.6 Å². The topological polar surface area (TPSA) is 94.6 Å². The lowest BCUT2D eigenvalue weighted by Crippen LogP contribution is -2.19. The van der Waals surface area contributed by atoms with Crippen LogP contribution in [0.15, 0.2) is 29.2 Å². The van der Waals surface area contributed by atoms with Crippen LogP contribution < -0.4 is 15.9 Å². The van der Waals surface area contributed by atoms with Crippen molar-refractivity contribution in [2.45, 2.75) is 0 Å². The van der Waals surface area contributed by atoms with E-state index in [1.54, 1.807) is 0 Å². The number of hydrogen-bond donors (Lipinski definition) is 2. The SMILES string of the molecule is COc1cc(F)c(N)cc1-n1cc(C(=O)O)c(=O)c2cc(F)c(F)c(Cl)c21. The van der Waals surface area contributed by atoms with Crippen LogP contribution in [0.5, 0.6) is 5.75 Å². The molecule has 0 saturated carbocycles. The van der Waals surface area contributed by atoms with Crippen molar-refractivity contribution >= 4 is 34.2 Å². The van der Waals surface area contributed by atoms with Crippen molar-refractivity contribution in [3.8, 4) is 11.4 Å². The molecule has 0 saturated heterocycles. The van der Waals surface area contributed by atoms with E-state index in [2.05, 4.69) is 0 Å². The Morgan fingerprint density at radius 1 is 1.22 bits per heavy atom. The number of carbonyl (C=O) groups is 1. The number of nitrogens with two attached hydrogens (primary N) is 1. The zero-order valence-corrected chi connectivity index (χ0v) is 14.3. The Bertz CT molecular complexity index is 1180. The van der Waals surface area contributed by atoms with Gasteiger partial charge in [-0.15, -0.1) is 0 Å². The molecule has 0 bridgehead atoms. The van der Waals surface area contributed by atoms with Crippen LogP contribution in [0, 0.1) is 17.5 Å². The number of methoxy groups -OCH3 is 1. The minimum atomic E-state index is -1.61. The maximum absolute atomic E-state index is 14.0. The third-order valence-corrected chi connectivity index (χ3v) is 4.26. The van der Waals surface area contributed by atoms with Crippen molar-refractivity contribution in [3.05, 3.63) is 62.7 Å². The molecule has 0 atom stereocenters. The summed E-state index contributed by atoms with van der Waals surface area (Å²) >= 11 is 5.89. The highest BCUT2D eigenvalue weighted by atomic mass is 35.5. The van der Waals surface area contributed by atoms with Gasteiger partial charge in [0.15, 0.2) is 11.6 Å². The third kappa shape index (κ3) is 2.85. The fraction of sp³-hybridized carbons (Fsp3) is 0.0588. The number of aromatic nitrogens is 1. The predicted molar refractivity (Wildman–Crippen MR) is 92.4 cm³/mol. The number of fused-ring (bicyclic) bond motifs is 1. The zero-order valence-electron chi connectivity index (χ0n) is 13.5. The van der Waals surface area contributed by atoms with Crippen LogP contribution in [-0.2, 0) is 0 Å². The molecule has 140 valence electrons. The maximum atomic E-state index is 14.0. The van der Waals surface area contributed by atoms with Crippen LogP contribution in [0.3, 0.4) is 0 Å². The molecule has 3 aromatic rings. The predicted octanol–water partition coefficient (Wildman–Crippen LogP) is 3.35. The summed E-state index contributed by atoms with van der Waals surface area (Å²) in [5, 5.41) is 8.04. The molecule has 1 aromatic heterocycles. The van der Waals surface area contributed by atoms with Gasteiger partial charge < -0.3 is 20.1 Å². The highest BCUT2D eigenvalue weighted by Crippen LogP contribution is 2.34. The lowest BCUT2D eigenvalue weighted by Gasteiger charge is -2.17. The van der Waals surface area contributed by atoms with Crippen LogP contribution in [-0.4, -0.2) is 22.8 Å². The zero-order chi connectivity index (χ0) is 20.0. The molecule has 1 heterocycles. The van der Waals surface area contributed by atoms with E-state index >= 15 is 0 Å². The first-order valence-corrected chi connectivity index (χ1v) is 7.64. The van der Waals surface area contributed by atoms with E-state index in [1.165, 1.54) is 7.11 Å². The first-order chi connectivity index (χ1) is 12.7. The smallest absolute Gasteiger partial charge is 0.341 e. The van der Waals surface area contributed by atoms with Gasteiger partial charge in [-0.1, -0.05) is 11.6 Å². The summed E-state index contributed by atoms with van der Waals surface area (Å²) in [6.45, 7) is 0. The van der Waals surface area contributed by atoms with Gasteiger partial charge in [-0.3, -0.25) is 4.79 Å². The average molecular weight is 399 g/mol. The Morgan fingerprint density at radius 2 is 1.89 bits per heavy atom. The van der Waals surface area contributed by atoms with Gasteiger partial charge in [0, 0.05) is 12.3 Å². The molecule has 0 aliphatic carbocycles. The molecule has 2 aromatic carbocycles. The fourth-order valence-electron chi connectivity index (χ4n) is 2.65. The van der Waals surface area contributed by atoms with Gasteiger partial charge in [-0.25, -0.2) is 18.0 Å². The van der Waals surface area contributed by atoms with Crippen LogP contribution >= 0.6 is 11.6 Å². The second-order valence-corrected chi connectivity index (χ2v) is 5.85. The summed E-state index contributed by atoms with van der Waals surface area (Å²) in [5.74, 6) is -5.39. The van der Waals surface area contributed by atoms with Crippen molar-refractivity contribution in [2.24, 2.45) is 0 Å². The number of pyridine rings is 1. The van der Waals surface area contributed by atoms with Gasteiger partial charge in [-0.2, -0.15) is 0 Å². The summed E-state index contributed by atoms with van der Waals surface area (Å²) in [6.07, 6.45) is 0.853. The number of aromatic carboxylic acids is 1. The molecule has 0 amide bonds. The molecule has 27 heavy (non-hydrogen) atoms. The van der Waals surface area contributed by atoms with Gasteiger partial charge in [0.2, 0.25) is 5.43 Å². The molecule has 3 rings (SSSR count). The number of benzene rings is 2. The lowest BCUT2D eigenvalue weighted by atomic mass is 10.1. The normalized spacial score (nSPS) is 11.0. The second-order valence-electron chi connectivity index (χ2n) is 5.48. The fourth-order valence-corrected chi connectivity index (χ4v) is 2.93. The number of nitrogens with zero attached hydrogens (tertiary/aromatic N) is 1. The van der Waals surface area contributed by atoms with Gasteiger partial charge in [-0.05, 0) is 12.1 Å². The van der Waals surface area contributed by atoms with E-state index in [9.17, 15) is 27.9 Å². The number of rotatable bonds is 3. The van der Waals surface area contributed by atoms with E-state index in [-0.39, 0.29) is 22.6 Å². The minimum Gasteiger partial charge on any atom is -0.494 e. The number of carboxylic acid groups (broad SMARTS) is 1. The molecule has 6 nitrogen and oxygen atoms in total. The van der Waals surface area contributed by atoms with Gasteiger partial charge in [0.25, 0.3) is 0 Å². The van der Waals surface area contributed by atoms with Gasteiger partial charge in [0.1, 0.15) is 22.2 Å². The second kappa shape index (κ2) is 6.51. The van der Waals surface area contributed by atoms with Crippen LogP contribution in [0.4, 0.5) is 18.9 Å². The first kappa shape index (κ1) is 18.6. The van der Waals surface area contributed by atoms with E-state index < -0.39 is 44.8 Å². The molecule has 3 N–H and O–H groups in total. The molecular formula is C17H10ClF3N2O4. The number of halogens is 4. The summed E-state index contributed by atoms with van der Waals surface area (Å²) in [4.78, 5) is 23.8. The molecule has 0 aliphatic rings. The molecule has 0 unspecified atom stereocenters. The number of hydrogen-bond acceptors (Lipinski definition) is 4. The summed E-state index contributed by atoms with van der Waals surface area (Å²) in [5.41, 5.74) is 3.07. The summed E-state index contributed by atoms with van der Waals surface area (Å²) < 4.78 is 47.6. The average Bonchev–Trinajstić information content (AvgIpc) is 2.62. The Hall–Kier alpha value is -3.20. The number of nitrogen functional groups attached to an aromatic ring is 1. The van der Waals surface area contributed by atoms with Crippen molar-refractivity contribution in [2.75, 3.05) is 12.8 Å². The molecular weight excluding hydrogens is 389 g/mol. The van der Waals surface area contributed by atoms with Gasteiger partial charge >= 0.3 is 5.97 Å². The van der Waals surface area contributed by atoms with E-state index in [4.69, 9.17) is 22.1 Å². The quantitative estimate of drug-likeness (QED) is 0.521. The van der Waals surface area contributed by atoms with E-state index in [0.717, 1.165) is 22.9 Å². The molecule has 10 heteroatoms. The Balaban J connectivity index is 2.59. The van der Waals surface area contributed by atoms with Crippen molar-refractivity contribution < 1.29 is 27.8 Å². The van der Waals surface area contributed by atoms with Crippen molar-refractivity contribution in [1.82, 2.24) is 4.57 Å². The number of ether oxygens (including phenoxy) is 1. The van der Waals surface area contributed by atoms with Crippen LogP contribution in [0.2, 0.25) is 5.02 Å². The number of carboxylic acids is 1. The molecule has 0 fully saturated rings. The van der Waals surface area contributed by atoms with Crippen LogP contribution in [0.1, 0.15) is 10.4 Å². The molecule has 0 aliphatic heterocycles. The van der Waals surface area contributed by atoms with Crippen molar-refractivity contribution in [3.63, 3.8) is 0 Å². The third-order valence-electron chi connectivity index (χ3n) is 3.91. The Labute approximate surface area is 154 Å². The molecule has 0 radical (unpaired) electrons. The maximum Gasteiger partial charge on any atom is 0.341 e. The summed E-state index contributed by atoms with van der Waals surface area (Å²) in [7, 11) is 1.21.